The van der Waals surface area contributed by atoms with Gasteiger partial charge >= 0.3 is 0 Å². The van der Waals surface area contributed by atoms with E-state index in [4.69, 9.17) is 14.6 Å². The Morgan fingerprint density at radius 3 is 3.00 bits per heavy atom. The maximum Gasteiger partial charge on any atom is 0.224 e. The Balaban J connectivity index is 2.70. The van der Waals surface area contributed by atoms with Crippen LogP contribution in [0.3, 0.4) is 0 Å². The van der Waals surface area contributed by atoms with Gasteiger partial charge in [0, 0.05) is 7.11 Å². The van der Waals surface area contributed by atoms with E-state index >= 15 is 0 Å². The van der Waals surface area contributed by atoms with Gasteiger partial charge in [0.2, 0.25) is 5.88 Å². The van der Waals surface area contributed by atoms with Crippen molar-refractivity contribution in [3.05, 3.63) is 17.8 Å². The molecule has 5 heteroatoms. The molecule has 5 nitrogen and oxygen atoms in total. The molecular formula is C9H11NO4. The third-order valence-electron chi connectivity index (χ3n) is 1.52. The van der Waals surface area contributed by atoms with E-state index < -0.39 is 0 Å². The van der Waals surface area contributed by atoms with E-state index in [0.717, 1.165) is 0 Å². The van der Waals surface area contributed by atoms with E-state index in [1.54, 1.807) is 7.11 Å². The fourth-order valence-electron chi connectivity index (χ4n) is 0.884. The second kappa shape index (κ2) is 5.18. The molecule has 76 valence electrons. The second-order valence-electron chi connectivity index (χ2n) is 2.55. The number of methoxy groups -OCH3 is 1. The molecule has 1 aromatic rings. The number of carbonyl (C=O) groups is 1. The first-order valence-corrected chi connectivity index (χ1v) is 4.04. The van der Waals surface area contributed by atoms with E-state index in [1.807, 2.05) is 0 Å². The summed E-state index contributed by atoms with van der Waals surface area (Å²) in [6.45, 7) is 0.732. The summed E-state index contributed by atoms with van der Waals surface area (Å²) < 4.78 is 9.92. The third-order valence-corrected chi connectivity index (χ3v) is 1.52. The van der Waals surface area contributed by atoms with Crippen molar-refractivity contribution in [2.75, 3.05) is 20.3 Å². The fraction of sp³-hybridized carbons (Fsp3) is 0.333. The van der Waals surface area contributed by atoms with Crippen molar-refractivity contribution < 1.29 is 19.4 Å². The van der Waals surface area contributed by atoms with Gasteiger partial charge < -0.3 is 14.6 Å². The Kier molecular flexibility index (Phi) is 3.87. The van der Waals surface area contributed by atoms with Crippen molar-refractivity contribution in [1.29, 1.82) is 0 Å². The Bertz CT molecular complexity index is 314. The Labute approximate surface area is 81.3 Å². The number of aromatic nitrogens is 1. The molecule has 1 heterocycles. The summed E-state index contributed by atoms with van der Waals surface area (Å²) in [5.74, 6) is 0.140. The third kappa shape index (κ3) is 2.70. The molecule has 0 bridgehead atoms. The summed E-state index contributed by atoms with van der Waals surface area (Å²) >= 11 is 0. The highest BCUT2D eigenvalue weighted by Crippen LogP contribution is 2.17. The molecule has 1 N–H and O–H groups in total. The topological polar surface area (TPSA) is 68.7 Å². The zero-order valence-corrected chi connectivity index (χ0v) is 7.77. The molecule has 1 aromatic heterocycles. The lowest BCUT2D eigenvalue weighted by molar-refractivity contribution is 0.111. The second-order valence-corrected chi connectivity index (χ2v) is 2.55. The van der Waals surface area contributed by atoms with Crippen LogP contribution in [0.5, 0.6) is 11.6 Å². The Morgan fingerprint density at radius 1 is 1.57 bits per heavy atom. The van der Waals surface area contributed by atoms with Gasteiger partial charge in [0.1, 0.15) is 12.4 Å². The van der Waals surface area contributed by atoms with Crippen molar-refractivity contribution in [1.82, 2.24) is 4.98 Å². The normalized spacial score (nSPS) is 9.79. The van der Waals surface area contributed by atoms with Gasteiger partial charge in [-0.2, -0.15) is 0 Å². The van der Waals surface area contributed by atoms with Gasteiger partial charge in [-0.25, -0.2) is 4.98 Å². The standard InChI is InChI=1S/C9H11NO4/c1-13-2-3-14-9-7(6-11)4-8(12)5-10-9/h4-6,12H,2-3H2,1H3. The van der Waals surface area contributed by atoms with Crippen LogP contribution in [0.2, 0.25) is 0 Å². The van der Waals surface area contributed by atoms with Crippen LogP contribution < -0.4 is 4.74 Å². The zero-order chi connectivity index (χ0) is 10.4. The van der Waals surface area contributed by atoms with Gasteiger partial charge in [-0.05, 0) is 6.07 Å². The lowest BCUT2D eigenvalue weighted by Gasteiger charge is -2.06. The molecule has 0 aliphatic heterocycles. The van der Waals surface area contributed by atoms with Crippen LogP contribution >= 0.6 is 0 Å². The van der Waals surface area contributed by atoms with Crippen LogP contribution in [-0.4, -0.2) is 36.7 Å². The number of nitrogens with zero attached hydrogens (tertiary/aromatic N) is 1. The smallest absolute Gasteiger partial charge is 0.224 e. The molecule has 0 unspecified atom stereocenters. The summed E-state index contributed by atoms with van der Waals surface area (Å²) in [5, 5.41) is 9.04. The van der Waals surface area contributed by atoms with Crippen molar-refractivity contribution in [2.45, 2.75) is 0 Å². The number of aldehydes is 1. The lowest BCUT2D eigenvalue weighted by atomic mass is 10.3. The van der Waals surface area contributed by atoms with Crippen molar-refractivity contribution >= 4 is 6.29 Å². The zero-order valence-electron chi connectivity index (χ0n) is 7.77. The first-order chi connectivity index (χ1) is 6.77. The van der Waals surface area contributed by atoms with E-state index in [2.05, 4.69) is 4.98 Å². The summed E-state index contributed by atoms with van der Waals surface area (Å²) in [7, 11) is 1.55. The first-order valence-electron chi connectivity index (χ1n) is 4.04. The molecule has 0 radical (unpaired) electrons. The molecule has 0 aromatic carbocycles. The van der Waals surface area contributed by atoms with Crippen molar-refractivity contribution in [3.8, 4) is 11.6 Å². The number of hydrogen-bond acceptors (Lipinski definition) is 5. The summed E-state index contributed by atoms with van der Waals surface area (Å²) in [6.07, 6.45) is 1.80. The lowest BCUT2D eigenvalue weighted by Crippen LogP contribution is -2.06. The number of hydrogen-bond donors (Lipinski definition) is 1. The average molecular weight is 197 g/mol. The van der Waals surface area contributed by atoms with E-state index in [1.165, 1.54) is 12.3 Å². The minimum atomic E-state index is -0.0637. The summed E-state index contributed by atoms with van der Waals surface area (Å²) in [4.78, 5) is 14.3. The van der Waals surface area contributed by atoms with E-state index in [9.17, 15) is 4.79 Å². The molecule has 0 fully saturated rings. The quantitative estimate of drug-likeness (QED) is 0.553. The van der Waals surface area contributed by atoms with Gasteiger partial charge in [0.15, 0.2) is 6.29 Å². The van der Waals surface area contributed by atoms with Crippen LogP contribution in [0.4, 0.5) is 0 Å². The summed E-state index contributed by atoms with van der Waals surface area (Å²) in [5.41, 5.74) is 0.223. The highest BCUT2D eigenvalue weighted by Gasteiger charge is 2.05. The number of ether oxygens (including phenoxy) is 2. The Hall–Kier alpha value is -1.62. The minimum absolute atomic E-state index is 0.0637. The molecule has 1 rings (SSSR count). The van der Waals surface area contributed by atoms with Crippen LogP contribution in [0.25, 0.3) is 0 Å². The van der Waals surface area contributed by atoms with Gasteiger partial charge in [0.05, 0.1) is 18.4 Å². The van der Waals surface area contributed by atoms with E-state index in [0.29, 0.717) is 19.5 Å². The number of pyridine rings is 1. The highest BCUT2D eigenvalue weighted by molar-refractivity contribution is 5.78. The van der Waals surface area contributed by atoms with E-state index in [-0.39, 0.29) is 17.2 Å². The van der Waals surface area contributed by atoms with Crippen LogP contribution in [0, 0.1) is 0 Å². The Morgan fingerprint density at radius 2 is 2.36 bits per heavy atom. The molecular weight excluding hydrogens is 186 g/mol. The van der Waals surface area contributed by atoms with Crippen LogP contribution in [-0.2, 0) is 4.74 Å². The van der Waals surface area contributed by atoms with Crippen molar-refractivity contribution in [2.24, 2.45) is 0 Å². The molecule has 0 aliphatic carbocycles. The molecule has 0 amide bonds. The number of aromatic hydroxyl groups is 1. The minimum Gasteiger partial charge on any atom is -0.506 e. The maximum absolute atomic E-state index is 10.5. The fourth-order valence-corrected chi connectivity index (χ4v) is 0.884. The van der Waals surface area contributed by atoms with Gasteiger partial charge in [-0.3, -0.25) is 4.79 Å². The average Bonchev–Trinajstić information content (AvgIpc) is 2.20. The molecule has 0 spiro atoms. The van der Waals surface area contributed by atoms with Gasteiger partial charge in [-0.1, -0.05) is 0 Å². The number of carbonyl (C=O) groups excluding carboxylic acids is 1. The first kappa shape index (κ1) is 10.5. The molecule has 14 heavy (non-hydrogen) atoms. The summed E-state index contributed by atoms with van der Waals surface area (Å²) in [6, 6.07) is 1.29. The van der Waals surface area contributed by atoms with Crippen LogP contribution in [0.1, 0.15) is 10.4 Å². The SMILES string of the molecule is COCCOc1ncc(O)cc1C=O. The van der Waals surface area contributed by atoms with Gasteiger partial charge in [-0.15, -0.1) is 0 Å². The monoisotopic (exact) mass is 197 g/mol. The molecule has 0 atom stereocenters. The predicted molar refractivity (Wildman–Crippen MR) is 48.7 cm³/mol. The maximum atomic E-state index is 10.5. The largest absolute Gasteiger partial charge is 0.506 e. The van der Waals surface area contributed by atoms with Crippen LogP contribution in [0.15, 0.2) is 12.3 Å². The highest BCUT2D eigenvalue weighted by atomic mass is 16.5. The van der Waals surface area contributed by atoms with Gasteiger partial charge in [0.25, 0.3) is 0 Å². The molecule has 0 aliphatic rings. The molecule has 0 saturated carbocycles. The van der Waals surface area contributed by atoms with Crippen molar-refractivity contribution in [3.63, 3.8) is 0 Å². The number of rotatable bonds is 5. The molecule has 0 saturated heterocycles. The predicted octanol–water partition coefficient (Wildman–Crippen LogP) is 0.625.